The van der Waals surface area contributed by atoms with Crippen molar-refractivity contribution in [3.05, 3.63) is 0 Å². The Balaban J connectivity index is 2.57. The van der Waals surface area contributed by atoms with Crippen LogP contribution < -0.4 is 0 Å². The number of hydrogen-bond donors (Lipinski definition) is 0. The molecule has 1 unspecified atom stereocenters. The molecule has 0 aliphatic heterocycles. The van der Waals surface area contributed by atoms with E-state index in [9.17, 15) is 0 Å². The quantitative estimate of drug-likeness (QED) is 0.541. The van der Waals surface area contributed by atoms with Crippen molar-refractivity contribution in [2.45, 2.75) is 57.7 Å². The smallest absolute Gasteiger partial charge is 0.0839 e. The van der Waals surface area contributed by atoms with Crippen LogP contribution in [0.15, 0.2) is 0 Å². The highest BCUT2D eigenvalue weighted by Gasteiger charge is 2.35. The predicted octanol–water partition coefficient (Wildman–Crippen LogP) is 3.81. The van der Waals surface area contributed by atoms with Crippen molar-refractivity contribution in [2.75, 3.05) is 18.1 Å². The van der Waals surface area contributed by atoms with Crippen molar-refractivity contribution in [3.8, 4) is 0 Å². The van der Waals surface area contributed by atoms with E-state index in [1.165, 1.54) is 32.1 Å². The molecule has 0 radical (unpaired) electrons. The van der Waals surface area contributed by atoms with E-state index in [1.54, 1.807) is 7.11 Å². The van der Waals surface area contributed by atoms with E-state index >= 15 is 0 Å². The maximum Gasteiger partial charge on any atom is 0.0839 e. The van der Waals surface area contributed by atoms with Gasteiger partial charge in [-0.3, -0.25) is 0 Å². The SMILES string of the molecule is COCC(OC1(CI)CCCCC1)C(C)C. The standard InChI is InChI=1S/C13H25IO2/c1-11(2)12(9-15-3)16-13(10-14)7-5-4-6-8-13/h11-12H,4-10H2,1-3H3. The van der Waals surface area contributed by atoms with Gasteiger partial charge >= 0.3 is 0 Å². The molecule has 0 N–H and O–H groups in total. The molecule has 2 nitrogen and oxygen atoms in total. The average Bonchev–Trinajstić information content (AvgIpc) is 2.29. The minimum atomic E-state index is 0.131. The predicted molar refractivity (Wildman–Crippen MR) is 76.3 cm³/mol. The largest absolute Gasteiger partial charge is 0.382 e. The minimum absolute atomic E-state index is 0.131. The molecule has 0 bridgehead atoms. The van der Waals surface area contributed by atoms with Crippen molar-refractivity contribution < 1.29 is 9.47 Å². The molecule has 0 amide bonds. The van der Waals surface area contributed by atoms with Crippen LogP contribution in [0.5, 0.6) is 0 Å². The zero-order valence-electron chi connectivity index (χ0n) is 10.8. The third-order valence-electron chi connectivity index (χ3n) is 3.48. The summed E-state index contributed by atoms with van der Waals surface area (Å²) in [5.41, 5.74) is 0.131. The zero-order valence-corrected chi connectivity index (χ0v) is 13.0. The third-order valence-corrected chi connectivity index (χ3v) is 4.87. The van der Waals surface area contributed by atoms with Crippen LogP contribution in [0.3, 0.4) is 0 Å². The molecule has 1 aliphatic rings. The number of ether oxygens (including phenoxy) is 2. The van der Waals surface area contributed by atoms with E-state index in [1.807, 2.05) is 0 Å². The van der Waals surface area contributed by atoms with Gasteiger partial charge in [-0.25, -0.2) is 0 Å². The molecule has 0 aromatic rings. The Kier molecular flexibility index (Phi) is 6.59. The topological polar surface area (TPSA) is 18.5 Å². The lowest BCUT2D eigenvalue weighted by Gasteiger charge is -2.40. The lowest BCUT2D eigenvalue weighted by molar-refractivity contribution is -0.132. The van der Waals surface area contributed by atoms with Crippen LogP contribution in [0.4, 0.5) is 0 Å². The van der Waals surface area contributed by atoms with E-state index in [0.717, 1.165) is 11.0 Å². The number of methoxy groups -OCH3 is 1. The maximum absolute atomic E-state index is 6.40. The summed E-state index contributed by atoms with van der Waals surface area (Å²) >= 11 is 2.48. The second-order valence-electron chi connectivity index (χ2n) is 5.23. The fourth-order valence-corrected chi connectivity index (χ4v) is 3.27. The summed E-state index contributed by atoms with van der Waals surface area (Å²) in [4.78, 5) is 0. The van der Waals surface area contributed by atoms with Gasteiger partial charge in [0, 0.05) is 11.5 Å². The number of rotatable bonds is 6. The van der Waals surface area contributed by atoms with Crippen LogP contribution in [0.1, 0.15) is 46.0 Å². The van der Waals surface area contributed by atoms with Crippen molar-refractivity contribution in [1.82, 2.24) is 0 Å². The Morgan fingerprint density at radius 3 is 2.25 bits per heavy atom. The van der Waals surface area contributed by atoms with E-state index in [4.69, 9.17) is 9.47 Å². The van der Waals surface area contributed by atoms with Crippen molar-refractivity contribution in [1.29, 1.82) is 0 Å². The Labute approximate surface area is 114 Å². The molecule has 96 valence electrons. The molecular weight excluding hydrogens is 315 g/mol. The van der Waals surface area contributed by atoms with Gasteiger partial charge in [-0.05, 0) is 18.8 Å². The lowest BCUT2D eigenvalue weighted by atomic mass is 9.86. The lowest BCUT2D eigenvalue weighted by Crippen LogP contribution is -2.43. The number of hydrogen-bond acceptors (Lipinski definition) is 2. The first kappa shape index (κ1) is 14.7. The number of alkyl halides is 1. The van der Waals surface area contributed by atoms with Crippen LogP contribution in [-0.2, 0) is 9.47 Å². The first-order valence-electron chi connectivity index (χ1n) is 6.36. The summed E-state index contributed by atoms with van der Waals surface area (Å²) in [6, 6.07) is 0. The first-order chi connectivity index (χ1) is 7.63. The molecule has 0 spiro atoms. The van der Waals surface area contributed by atoms with E-state index in [0.29, 0.717) is 5.92 Å². The highest BCUT2D eigenvalue weighted by Crippen LogP contribution is 2.35. The average molecular weight is 340 g/mol. The van der Waals surface area contributed by atoms with Gasteiger partial charge in [0.05, 0.1) is 18.3 Å². The third kappa shape index (κ3) is 4.15. The van der Waals surface area contributed by atoms with E-state index in [2.05, 4.69) is 36.4 Å². The monoisotopic (exact) mass is 340 g/mol. The highest BCUT2D eigenvalue weighted by atomic mass is 127. The van der Waals surface area contributed by atoms with Gasteiger partial charge in [0.25, 0.3) is 0 Å². The molecule has 1 saturated carbocycles. The molecule has 16 heavy (non-hydrogen) atoms. The van der Waals surface area contributed by atoms with Crippen LogP contribution in [-0.4, -0.2) is 29.8 Å². The first-order valence-corrected chi connectivity index (χ1v) is 7.89. The summed E-state index contributed by atoms with van der Waals surface area (Å²) < 4.78 is 12.8. The molecular formula is C13H25IO2. The summed E-state index contributed by atoms with van der Waals surface area (Å²) in [5, 5.41) is 0. The molecule has 1 rings (SSSR count). The van der Waals surface area contributed by atoms with Crippen LogP contribution in [0, 0.1) is 5.92 Å². The fourth-order valence-electron chi connectivity index (χ4n) is 2.33. The molecule has 0 aromatic carbocycles. The molecule has 3 heteroatoms. The van der Waals surface area contributed by atoms with E-state index < -0.39 is 0 Å². The van der Waals surface area contributed by atoms with Crippen molar-refractivity contribution >= 4 is 22.6 Å². The van der Waals surface area contributed by atoms with Crippen molar-refractivity contribution in [2.24, 2.45) is 5.92 Å². The normalized spacial score (nSPS) is 22.3. The molecule has 1 aliphatic carbocycles. The Hall–Kier alpha value is 0.650. The van der Waals surface area contributed by atoms with Gasteiger partial charge in [-0.15, -0.1) is 0 Å². The second-order valence-corrected chi connectivity index (χ2v) is 6.00. The van der Waals surface area contributed by atoms with Crippen molar-refractivity contribution in [3.63, 3.8) is 0 Å². The maximum atomic E-state index is 6.40. The molecule has 0 aromatic heterocycles. The van der Waals surface area contributed by atoms with Crippen LogP contribution in [0.25, 0.3) is 0 Å². The summed E-state index contributed by atoms with van der Waals surface area (Å²) in [7, 11) is 1.76. The summed E-state index contributed by atoms with van der Waals surface area (Å²) in [5.74, 6) is 0.529. The van der Waals surface area contributed by atoms with Crippen LogP contribution >= 0.6 is 22.6 Å². The Morgan fingerprint density at radius 1 is 1.19 bits per heavy atom. The zero-order chi connectivity index (χ0) is 12.0. The van der Waals surface area contributed by atoms with Gasteiger partial charge in [-0.2, -0.15) is 0 Å². The van der Waals surface area contributed by atoms with Gasteiger partial charge in [-0.1, -0.05) is 55.7 Å². The molecule has 1 fully saturated rings. The summed E-state index contributed by atoms with van der Waals surface area (Å²) in [6.45, 7) is 5.15. The summed E-state index contributed by atoms with van der Waals surface area (Å²) in [6.07, 6.45) is 6.71. The number of halogens is 1. The molecule has 0 heterocycles. The van der Waals surface area contributed by atoms with Gasteiger partial charge < -0.3 is 9.47 Å². The van der Waals surface area contributed by atoms with Crippen LogP contribution in [0.2, 0.25) is 0 Å². The van der Waals surface area contributed by atoms with Gasteiger partial charge in [0.2, 0.25) is 0 Å². The second kappa shape index (κ2) is 7.17. The van der Waals surface area contributed by atoms with Gasteiger partial charge in [0.15, 0.2) is 0 Å². The molecule has 1 atom stereocenters. The molecule has 0 saturated heterocycles. The Morgan fingerprint density at radius 2 is 1.81 bits per heavy atom. The fraction of sp³-hybridized carbons (Fsp3) is 1.00. The minimum Gasteiger partial charge on any atom is -0.382 e. The highest BCUT2D eigenvalue weighted by molar-refractivity contribution is 14.1. The van der Waals surface area contributed by atoms with E-state index in [-0.39, 0.29) is 11.7 Å². The van der Waals surface area contributed by atoms with Gasteiger partial charge in [0.1, 0.15) is 0 Å². The Bertz CT molecular complexity index is 188.